The number of aliphatic imine (C=N–C) groups is 1. The predicted molar refractivity (Wildman–Crippen MR) is 136 cm³/mol. The fourth-order valence-electron chi connectivity index (χ4n) is 3.85. The minimum absolute atomic E-state index is 0.113. The Morgan fingerprint density at radius 3 is 1.79 bits per heavy atom. The third kappa shape index (κ3) is 4.64. The summed E-state index contributed by atoms with van der Waals surface area (Å²) in [5.41, 5.74) is 5.48. The van der Waals surface area contributed by atoms with E-state index in [1.807, 2.05) is 121 Å². The Labute approximate surface area is 198 Å². The molecule has 0 amide bonds. The highest BCUT2D eigenvalue weighted by molar-refractivity contribution is 6.30. The van der Waals surface area contributed by atoms with Crippen LogP contribution in [-0.2, 0) is 0 Å². The van der Waals surface area contributed by atoms with Crippen LogP contribution in [-0.4, -0.2) is 27.7 Å². The number of aliphatic hydroxyl groups is 1. The first-order chi connectivity index (χ1) is 16.2. The number of halogens is 1. The monoisotopic (exact) mass is 449 g/mol. The van der Waals surface area contributed by atoms with Gasteiger partial charge in [-0.25, -0.2) is 0 Å². The van der Waals surface area contributed by atoms with Crippen LogP contribution in [0.4, 0.5) is 5.69 Å². The van der Waals surface area contributed by atoms with Crippen LogP contribution in [0, 0.1) is 0 Å². The van der Waals surface area contributed by atoms with E-state index in [-0.39, 0.29) is 11.9 Å². The van der Waals surface area contributed by atoms with Crippen molar-refractivity contribution < 1.29 is 9.68 Å². The van der Waals surface area contributed by atoms with E-state index in [2.05, 4.69) is 4.99 Å². The van der Waals surface area contributed by atoms with Crippen LogP contribution in [0.15, 0.2) is 126 Å². The van der Waals surface area contributed by atoms with Gasteiger partial charge in [-0.05, 0) is 28.8 Å². The van der Waals surface area contributed by atoms with Crippen molar-refractivity contribution in [2.45, 2.75) is 6.04 Å². The molecule has 160 valence electrons. The van der Waals surface area contributed by atoms with Crippen LogP contribution in [0.5, 0.6) is 0 Å². The van der Waals surface area contributed by atoms with Crippen LogP contribution in [0.3, 0.4) is 0 Å². The summed E-state index contributed by atoms with van der Waals surface area (Å²) in [4.78, 5) is 4.65. The van der Waals surface area contributed by atoms with Gasteiger partial charge in [0, 0.05) is 17.2 Å². The quantitative estimate of drug-likeness (QED) is 0.194. The fraction of sp³-hybridized carbons (Fsp3) is 0.0345. The lowest BCUT2D eigenvalue weighted by Gasteiger charge is -2.10. The number of nitrogens with zero attached hydrogens (tertiary/aromatic N) is 2. The Kier molecular flexibility index (Phi) is 5.88. The van der Waals surface area contributed by atoms with Crippen LogP contribution >= 0.6 is 11.6 Å². The molecule has 1 aliphatic rings. The second kappa shape index (κ2) is 9.27. The van der Waals surface area contributed by atoms with E-state index in [4.69, 9.17) is 11.6 Å². The first-order valence-corrected chi connectivity index (χ1v) is 11.2. The van der Waals surface area contributed by atoms with Gasteiger partial charge in [0.05, 0.1) is 5.71 Å². The zero-order valence-corrected chi connectivity index (χ0v) is 18.6. The van der Waals surface area contributed by atoms with Crippen LogP contribution in [0.25, 0.3) is 5.57 Å². The van der Waals surface area contributed by atoms with Crippen molar-refractivity contribution in [2.75, 3.05) is 0 Å². The molecule has 1 heterocycles. The van der Waals surface area contributed by atoms with Crippen molar-refractivity contribution in [2.24, 2.45) is 4.99 Å². The average molecular weight is 450 g/mol. The summed E-state index contributed by atoms with van der Waals surface area (Å²) >= 11 is 6.15. The molecule has 1 atom stereocenters. The summed E-state index contributed by atoms with van der Waals surface area (Å²) in [5, 5.41) is 12.4. The van der Waals surface area contributed by atoms with Gasteiger partial charge in [0.25, 0.3) is 0 Å². The largest absolute Gasteiger partial charge is 0.459 e. The van der Waals surface area contributed by atoms with Gasteiger partial charge in [0.2, 0.25) is 5.69 Å². The second-order valence-corrected chi connectivity index (χ2v) is 8.19. The molecule has 0 fully saturated rings. The van der Waals surface area contributed by atoms with E-state index in [0.717, 1.165) is 33.7 Å². The van der Waals surface area contributed by atoms with Crippen molar-refractivity contribution in [1.82, 2.24) is 0 Å². The normalized spacial score (nSPS) is 15.0. The third-order valence-electron chi connectivity index (χ3n) is 5.53. The smallest absolute Gasteiger partial charge is 0.379 e. The van der Waals surface area contributed by atoms with Crippen molar-refractivity contribution in [3.8, 4) is 0 Å². The van der Waals surface area contributed by atoms with Crippen LogP contribution < -0.4 is 0 Å². The molecule has 4 aromatic rings. The van der Waals surface area contributed by atoms with Crippen molar-refractivity contribution in [3.05, 3.63) is 143 Å². The topological polar surface area (TPSA) is 35.6 Å². The number of aliphatic hydroxyl groups excluding tert-OH is 1. The van der Waals surface area contributed by atoms with Gasteiger partial charge in [0.1, 0.15) is 5.57 Å². The Hall–Kier alpha value is -3.95. The van der Waals surface area contributed by atoms with Crippen LogP contribution in [0.2, 0.25) is 5.02 Å². The highest BCUT2D eigenvalue weighted by atomic mass is 35.5. The van der Waals surface area contributed by atoms with Gasteiger partial charge in [-0.3, -0.25) is 4.99 Å². The van der Waals surface area contributed by atoms with Gasteiger partial charge in [-0.1, -0.05) is 103 Å². The molecular weight excluding hydrogens is 428 g/mol. The SMILES string of the molecule is OC(=C(c1ccccc1)c1ccccc1)/[N+](=C/C1N=C1c1ccccc1)c1ccc(Cl)cc1. The second-order valence-electron chi connectivity index (χ2n) is 7.75. The Morgan fingerprint density at radius 2 is 1.24 bits per heavy atom. The average Bonchev–Trinajstić information content (AvgIpc) is 3.65. The molecule has 1 N–H and O–H groups in total. The summed E-state index contributed by atoms with van der Waals surface area (Å²) in [5.74, 6) is 0.129. The minimum atomic E-state index is -0.113. The molecule has 0 saturated carbocycles. The maximum absolute atomic E-state index is 11.7. The van der Waals surface area contributed by atoms with Gasteiger partial charge >= 0.3 is 5.88 Å². The standard InChI is InChI=1S/C29H21ClN2O/c30-24-16-18-25(19-17-24)32(20-26-28(31-26)23-14-8-3-9-15-23)29(33)27(21-10-4-1-5-11-21)22-12-6-2-7-13-22/h1-20,26H/p+1/b32-20+. The number of benzene rings is 4. The van der Waals surface area contributed by atoms with Crippen molar-refractivity contribution >= 4 is 34.8 Å². The zero-order valence-electron chi connectivity index (χ0n) is 17.8. The van der Waals surface area contributed by atoms with E-state index < -0.39 is 0 Å². The summed E-state index contributed by atoms with van der Waals surface area (Å²) in [6.07, 6.45) is 1.95. The first kappa shape index (κ1) is 20.9. The van der Waals surface area contributed by atoms with Gasteiger partial charge in [-0.15, -0.1) is 4.58 Å². The highest BCUT2D eigenvalue weighted by Crippen LogP contribution is 2.30. The molecule has 1 unspecified atom stereocenters. The van der Waals surface area contributed by atoms with Gasteiger partial charge in [0.15, 0.2) is 12.3 Å². The predicted octanol–water partition coefficient (Wildman–Crippen LogP) is 6.90. The van der Waals surface area contributed by atoms with E-state index in [1.54, 1.807) is 4.58 Å². The van der Waals surface area contributed by atoms with E-state index in [0.29, 0.717) is 5.02 Å². The molecule has 4 heteroatoms. The first-order valence-electron chi connectivity index (χ1n) is 10.8. The summed E-state index contributed by atoms with van der Waals surface area (Å²) in [6, 6.07) is 37.3. The summed E-state index contributed by atoms with van der Waals surface area (Å²) < 4.78 is 1.80. The lowest BCUT2D eigenvalue weighted by atomic mass is 9.98. The number of hydrogen-bond acceptors (Lipinski definition) is 2. The zero-order chi connectivity index (χ0) is 22.6. The van der Waals surface area contributed by atoms with Crippen molar-refractivity contribution in [1.29, 1.82) is 0 Å². The number of hydrogen-bond donors (Lipinski definition) is 1. The molecule has 3 nitrogen and oxygen atoms in total. The molecule has 0 aliphatic carbocycles. The van der Waals surface area contributed by atoms with Gasteiger partial charge in [-0.2, -0.15) is 0 Å². The maximum atomic E-state index is 11.7. The lowest BCUT2D eigenvalue weighted by molar-refractivity contribution is -0.414. The minimum Gasteiger partial charge on any atom is -0.459 e. The molecule has 1 aliphatic heterocycles. The third-order valence-corrected chi connectivity index (χ3v) is 5.78. The molecular formula is C29H22ClN2O+. The van der Waals surface area contributed by atoms with Crippen molar-refractivity contribution in [3.63, 3.8) is 0 Å². The Bertz CT molecular complexity index is 1300. The fourth-order valence-corrected chi connectivity index (χ4v) is 3.97. The highest BCUT2D eigenvalue weighted by Gasteiger charge is 2.34. The molecule has 5 rings (SSSR count). The van der Waals surface area contributed by atoms with Gasteiger partial charge < -0.3 is 5.11 Å². The summed E-state index contributed by atoms with van der Waals surface area (Å²) in [7, 11) is 0. The molecule has 0 aromatic heterocycles. The summed E-state index contributed by atoms with van der Waals surface area (Å²) in [6.45, 7) is 0. The molecule has 0 bridgehead atoms. The Morgan fingerprint density at radius 1 is 0.727 bits per heavy atom. The molecule has 4 aromatic carbocycles. The molecule has 0 radical (unpaired) electrons. The van der Waals surface area contributed by atoms with E-state index in [9.17, 15) is 5.11 Å². The van der Waals surface area contributed by atoms with Crippen LogP contribution in [0.1, 0.15) is 16.7 Å². The van der Waals surface area contributed by atoms with E-state index in [1.165, 1.54) is 0 Å². The molecule has 0 saturated heterocycles. The maximum Gasteiger partial charge on any atom is 0.379 e. The Balaban J connectivity index is 1.65. The molecule has 0 spiro atoms. The van der Waals surface area contributed by atoms with E-state index >= 15 is 0 Å². The lowest BCUT2D eigenvalue weighted by Crippen LogP contribution is -2.15. The molecule has 33 heavy (non-hydrogen) atoms. The number of rotatable bonds is 6.